The molecule has 0 spiro atoms. The summed E-state index contributed by atoms with van der Waals surface area (Å²) in [4.78, 5) is 12.1. The number of benzene rings is 1. The summed E-state index contributed by atoms with van der Waals surface area (Å²) in [5, 5.41) is 7.37. The van der Waals surface area contributed by atoms with Crippen LogP contribution in [0.4, 0.5) is 0 Å². The van der Waals surface area contributed by atoms with Gasteiger partial charge in [-0.2, -0.15) is 5.10 Å². The summed E-state index contributed by atoms with van der Waals surface area (Å²) in [6.45, 7) is 5.37. The summed E-state index contributed by atoms with van der Waals surface area (Å²) in [7, 11) is 0. The van der Waals surface area contributed by atoms with Crippen LogP contribution in [0.25, 0.3) is 5.69 Å². The van der Waals surface area contributed by atoms with Crippen molar-refractivity contribution in [3.05, 3.63) is 47.3 Å². The molecule has 0 radical (unpaired) electrons. The molecular formula is C17H21N3O2. The molecule has 1 aromatic carbocycles. The zero-order valence-electron chi connectivity index (χ0n) is 13.0. The van der Waals surface area contributed by atoms with Gasteiger partial charge in [-0.3, -0.25) is 4.79 Å². The largest absolute Gasteiger partial charge is 0.376 e. The minimum atomic E-state index is -0.0598. The van der Waals surface area contributed by atoms with E-state index in [2.05, 4.69) is 10.4 Å². The average Bonchev–Trinajstić information content (AvgIpc) is 3.14. The minimum absolute atomic E-state index is 0.0598. The first kappa shape index (κ1) is 14.8. The maximum absolute atomic E-state index is 12.1. The number of aromatic nitrogens is 2. The molecule has 1 aromatic heterocycles. The molecule has 0 saturated carbocycles. The van der Waals surface area contributed by atoms with E-state index in [1.165, 1.54) is 0 Å². The third-order valence-corrected chi connectivity index (χ3v) is 3.90. The first-order valence-electron chi connectivity index (χ1n) is 7.67. The number of carbonyl (C=O) groups excluding carboxylic acids is 1. The van der Waals surface area contributed by atoms with Crippen molar-refractivity contribution < 1.29 is 9.53 Å². The molecule has 1 aliphatic rings. The lowest BCUT2D eigenvalue weighted by Gasteiger charge is -2.11. The number of hydrogen-bond acceptors (Lipinski definition) is 3. The standard InChI is InChI=1S/C17H21N3O2/c1-12-10-13(2)20(19-12)15-7-5-14(6-8-15)17(21)18-11-16-4-3-9-22-16/h5-8,10,16H,3-4,9,11H2,1-2H3,(H,18,21)/t16-/m1/s1. The molecule has 1 amide bonds. The lowest BCUT2D eigenvalue weighted by molar-refractivity contribution is 0.0858. The fourth-order valence-corrected chi connectivity index (χ4v) is 2.76. The molecular weight excluding hydrogens is 278 g/mol. The van der Waals surface area contributed by atoms with E-state index in [0.717, 1.165) is 36.5 Å². The Balaban J connectivity index is 1.65. The Morgan fingerprint density at radius 3 is 2.73 bits per heavy atom. The van der Waals surface area contributed by atoms with Crippen molar-refractivity contribution >= 4 is 5.91 Å². The summed E-state index contributed by atoms with van der Waals surface area (Å²) in [6.07, 6.45) is 2.27. The van der Waals surface area contributed by atoms with Crippen LogP contribution >= 0.6 is 0 Å². The SMILES string of the molecule is Cc1cc(C)n(-c2ccc(C(=O)NC[C@H]3CCCO3)cc2)n1. The van der Waals surface area contributed by atoms with Gasteiger partial charge in [-0.1, -0.05) is 0 Å². The van der Waals surface area contributed by atoms with Gasteiger partial charge in [0.1, 0.15) is 0 Å². The third kappa shape index (κ3) is 3.20. The highest BCUT2D eigenvalue weighted by atomic mass is 16.5. The molecule has 22 heavy (non-hydrogen) atoms. The molecule has 116 valence electrons. The second-order valence-corrected chi connectivity index (χ2v) is 5.73. The van der Waals surface area contributed by atoms with Crippen LogP contribution in [0.5, 0.6) is 0 Å². The second kappa shape index (κ2) is 6.32. The quantitative estimate of drug-likeness (QED) is 0.943. The second-order valence-electron chi connectivity index (χ2n) is 5.73. The molecule has 1 N–H and O–H groups in total. The first-order chi connectivity index (χ1) is 10.6. The Bertz CT molecular complexity index is 655. The molecule has 1 fully saturated rings. The van der Waals surface area contributed by atoms with Crippen LogP contribution in [0.15, 0.2) is 30.3 Å². The fourth-order valence-electron chi connectivity index (χ4n) is 2.76. The van der Waals surface area contributed by atoms with Crippen LogP contribution in [-0.2, 0) is 4.74 Å². The van der Waals surface area contributed by atoms with Gasteiger partial charge in [-0.25, -0.2) is 4.68 Å². The van der Waals surface area contributed by atoms with E-state index in [4.69, 9.17) is 4.74 Å². The molecule has 2 aromatic rings. The van der Waals surface area contributed by atoms with E-state index in [1.54, 1.807) is 0 Å². The van der Waals surface area contributed by atoms with Crippen molar-refractivity contribution in [1.29, 1.82) is 0 Å². The van der Waals surface area contributed by atoms with Crippen molar-refractivity contribution in [3.8, 4) is 5.69 Å². The Kier molecular flexibility index (Phi) is 4.24. The molecule has 1 atom stereocenters. The summed E-state index contributed by atoms with van der Waals surface area (Å²) < 4.78 is 7.38. The number of hydrogen-bond donors (Lipinski definition) is 1. The van der Waals surface area contributed by atoms with E-state index in [-0.39, 0.29) is 12.0 Å². The molecule has 0 aliphatic carbocycles. The summed E-state index contributed by atoms with van der Waals surface area (Å²) >= 11 is 0. The molecule has 5 nitrogen and oxygen atoms in total. The number of ether oxygens (including phenoxy) is 1. The highest BCUT2D eigenvalue weighted by Gasteiger charge is 2.16. The van der Waals surface area contributed by atoms with Crippen LogP contribution in [0, 0.1) is 13.8 Å². The van der Waals surface area contributed by atoms with Gasteiger partial charge in [0.05, 0.1) is 17.5 Å². The summed E-state index contributed by atoms with van der Waals surface area (Å²) in [5.74, 6) is -0.0598. The van der Waals surface area contributed by atoms with E-state index >= 15 is 0 Å². The lowest BCUT2D eigenvalue weighted by Crippen LogP contribution is -2.31. The third-order valence-electron chi connectivity index (χ3n) is 3.90. The van der Waals surface area contributed by atoms with Crippen molar-refractivity contribution in [1.82, 2.24) is 15.1 Å². The Morgan fingerprint density at radius 2 is 2.14 bits per heavy atom. The molecule has 3 rings (SSSR count). The average molecular weight is 299 g/mol. The lowest BCUT2D eigenvalue weighted by atomic mass is 10.2. The predicted octanol–water partition coefficient (Wildman–Crippen LogP) is 2.40. The maximum Gasteiger partial charge on any atom is 0.251 e. The molecule has 2 heterocycles. The van der Waals surface area contributed by atoms with Gasteiger partial charge >= 0.3 is 0 Å². The Morgan fingerprint density at radius 1 is 1.36 bits per heavy atom. The number of rotatable bonds is 4. The van der Waals surface area contributed by atoms with Gasteiger partial charge < -0.3 is 10.1 Å². The predicted molar refractivity (Wildman–Crippen MR) is 84.3 cm³/mol. The van der Waals surface area contributed by atoms with Crippen molar-refractivity contribution in [2.45, 2.75) is 32.8 Å². The van der Waals surface area contributed by atoms with Crippen LogP contribution < -0.4 is 5.32 Å². The van der Waals surface area contributed by atoms with Crippen LogP contribution in [0.1, 0.15) is 34.6 Å². The smallest absolute Gasteiger partial charge is 0.251 e. The topological polar surface area (TPSA) is 56.2 Å². The number of nitrogens with zero attached hydrogens (tertiary/aromatic N) is 2. The van der Waals surface area contributed by atoms with E-state index in [1.807, 2.05) is 48.9 Å². The minimum Gasteiger partial charge on any atom is -0.376 e. The van der Waals surface area contributed by atoms with Crippen LogP contribution in [0.2, 0.25) is 0 Å². The molecule has 5 heteroatoms. The normalized spacial score (nSPS) is 17.6. The van der Waals surface area contributed by atoms with Crippen LogP contribution in [0.3, 0.4) is 0 Å². The number of amides is 1. The Labute approximate surface area is 130 Å². The van der Waals surface area contributed by atoms with Crippen molar-refractivity contribution in [2.24, 2.45) is 0 Å². The van der Waals surface area contributed by atoms with Gasteiger partial charge in [-0.05, 0) is 57.0 Å². The number of carbonyl (C=O) groups is 1. The molecule has 1 saturated heterocycles. The van der Waals surface area contributed by atoms with E-state index < -0.39 is 0 Å². The van der Waals surface area contributed by atoms with Gasteiger partial charge in [0, 0.05) is 24.4 Å². The summed E-state index contributed by atoms with van der Waals surface area (Å²) in [5.41, 5.74) is 3.67. The van der Waals surface area contributed by atoms with Crippen molar-refractivity contribution in [2.75, 3.05) is 13.2 Å². The zero-order valence-corrected chi connectivity index (χ0v) is 13.0. The monoisotopic (exact) mass is 299 g/mol. The maximum atomic E-state index is 12.1. The van der Waals surface area contributed by atoms with Gasteiger partial charge in [0.25, 0.3) is 5.91 Å². The summed E-state index contributed by atoms with van der Waals surface area (Å²) in [6, 6.07) is 9.52. The fraction of sp³-hybridized carbons (Fsp3) is 0.412. The zero-order chi connectivity index (χ0) is 15.5. The highest BCUT2D eigenvalue weighted by molar-refractivity contribution is 5.94. The van der Waals surface area contributed by atoms with Crippen LogP contribution in [-0.4, -0.2) is 34.9 Å². The van der Waals surface area contributed by atoms with Gasteiger partial charge in [-0.15, -0.1) is 0 Å². The first-order valence-corrected chi connectivity index (χ1v) is 7.67. The molecule has 1 aliphatic heterocycles. The van der Waals surface area contributed by atoms with Gasteiger partial charge in [0.15, 0.2) is 0 Å². The van der Waals surface area contributed by atoms with E-state index in [0.29, 0.717) is 12.1 Å². The molecule has 0 unspecified atom stereocenters. The number of nitrogens with one attached hydrogen (secondary N) is 1. The van der Waals surface area contributed by atoms with Crippen molar-refractivity contribution in [3.63, 3.8) is 0 Å². The number of aryl methyl sites for hydroxylation is 2. The van der Waals surface area contributed by atoms with E-state index in [9.17, 15) is 4.79 Å². The van der Waals surface area contributed by atoms with Gasteiger partial charge in [0.2, 0.25) is 0 Å². The molecule has 0 bridgehead atoms. The Hall–Kier alpha value is -2.14. The highest BCUT2D eigenvalue weighted by Crippen LogP contribution is 2.14.